The number of likely N-dealkylation sites (tertiary alicyclic amines) is 1. The molecule has 1 aliphatic heterocycles. The highest BCUT2D eigenvalue weighted by molar-refractivity contribution is 5.80. The van der Waals surface area contributed by atoms with Gasteiger partial charge in [-0.3, -0.25) is 4.99 Å². The zero-order valence-electron chi connectivity index (χ0n) is 12.8. The van der Waals surface area contributed by atoms with Crippen molar-refractivity contribution in [2.75, 3.05) is 26.2 Å². The van der Waals surface area contributed by atoms with Gasteiger partial charge in [-0.25, -0.2) is 0 Å². The van der Waals surface area contributed by atoms with Gasteiger partial charge in [0.05, 0.1) is 12.6 Å². The van der Waals surface area contributed by atoms with Gasteiger partial charge in [0, 0.05) is 25.0 Å². The van der Waals surface area contributed by atoms with Crippen LogP contribution in [0.1, 0.15) is 31.7 Å². The average Bonchev–Trinajstić information content (AvgIpc) is 3.19. The lowest BCUT2D eigenvalue weighted by molar-refractivity contribution is 0.188. The number of guanidine groups is 1. The van der Waals surface area contributed by atoms with E-state index >= 15 is 0 Å². The topological polar surface area (TPSA) is 47.9 Å². The van der Waals surface area contributed by atoms with Gasteiger partial charge in [0.1, 0.15) is 0 Å². The minimum atomic E-state index is -0.210. The standard InChI is InChI=1S/C17H25N3O/c1-2-18-16(20-11-8-15(21)12-20)19-13-17(9-10-17)14-6-4-3-5-7-14/h3-7,15,21H,2,8-13H2,1H3,(H,18,19)/t15-/m1/s1. The summed E-state index contributed by atoms with van der Waals surface area (Å²) in [6.45, 7) is 5.39. The highest BCUT2D eigenvalue weighted by Gasteiger charge is 2.44. The fraction of sp³-hybridized carbons (Fsp3) is 0.588. The first-order chi connectivity index (χ1) is 10.2. The third kappa shape index (κ3) is 3.21. The number of benzene rings is 1. The maximum atomic E-state index is 9.71. The van der Waals surface area contributed by atoms with Gasteiger partial charge in [-0.1, -0.05) is 30.3 Å². The van der Waals surface area contributed by atoms with Crippen molar-refractivity contribution in [3.8, 4) is 0 Å². The quantitative estimate of drug-likeness (QED) is 0.655. The predicted molar refractivity (Wildman–Crippen MR) is 85.5 cm³/mol. The lowest BCUT2D eigenvalue weighted by atomic mass is 9.96. The van der Waals surface area contributed by atoms with Gasteiger partial charge in [0.15, 0.2) is 5.96 Å². The van der Waals surface area contributed by atoms with E-state index in [4.69, 9.17) is 4.99 Å². The fourth-order valence-electron chi connectivity index (χ4n) is 3.07. The van der Waals surface area contributed by atoms with Crippen molar-refractivity contribution in [2.45, 2.75) is 37.7 Å². The molecule has 1 heterocycles. The first-order valence-electron chi connectivity index (χ1n) is 8.00. The van der Waals surface area contributed by atoms with Crippen LogP contribution in [0.3, 0.4) is 0 Å². The van der Waals surface area contributed by atoms with Crippen LogP contribution in [0.4, 0.5) is 0 Å². The number of nitrogens with zero attached hydrogens (tertiary/aromatic N) is 2. The van der Waals surface area contributed by atoms with Crippen LogP contribution >= 0.6 is 0 Å². The molecule has 2 aliphatic rings. The lowest BCUT2D eigenvalue weighted by Crippen LogP contribution is -2.41. The summed E-state index contributed by atoms with van der Waals surface area (Å²) in [7, 11) is 0. The largest absolute Gasteiger partial charge is 0.391 e. The van der Waals surface area contributed by atoms with E-state index in [0.29, 0.717) is 6.54 Å². The van der Waals surface area contributed by atoms with Gasteiger partial charge in [-0.2, -0.15) is 0 Å². The molecular formula is C17H25N3O. The van der Waals surface area contributed by atoms with Crippen molar-refractivity contribution in [3.63, 3.8) is 0 Å². The van der Waals surface area contributed by atoms with Crippen LogP contribution < -0.4 is 5.32 Å². The first-order valence-corrected chi connectivity index (χ1v) is 8.00. The van der Waals surface area contributed by atoms with Crippen molar-refractivity contribution in [2.24, 2.45) is 4.99 Å². The molecule has 0 radical (unpaired) electrons. The Morgan fingerprint density at radius 3 is 2.71 bits per heavy atom. The van der Waals surface area contributed by atoms with Crippen molar-refractivity contribution < 1.29 is 5.11 Å². The lowest BCUT2D eigenvalue weighted by Gasteiger charge is -2.22. The molecule has 2 fully saturated rings. The van der Waals surface area contributed by atoms with Crippen LogP contribution in [0.25, 0.3) is 0 Å². The second-order valence-corrected chi connectivity index (χ2v) is 6.21. The van der Waals surface area contributed by atoms with Crippen molar-refractivity contribution in [1.82, 2.24) is 10.2 Å². The van der Waals surface area contributed by atoms with E-state index < -0.39 is 0 Å². The maximum absolute atomic E-state index is 9.71. The number of rotatable bonds is 4. The molecule has 1 saturated carbocycles. The highest BCUT2D eigenvalue weighted by Crippen LogP contribution is 2.48. The molecule has 4 nitrogen and oxygen atoms in total. The molecule has 3 rings (SSSR count). The summed E-state index contributed by atoms with van der Waals surface area (Å²) in [5.41, 5.74) is 1.66. The number of hydrogen-bond acceptors (Lipinski definition) is 2. The van der Waals surface area contributed by atoms with Crippen LogP contribution in [0.5, 0.6) is 0 Å². The summed E-state index contributed by atoms with van der Waals surface area (Å²) in [4.78, 5) is 7.04. The minimum absolute atomic E-state index is 0.210. The molecule has 1 saturated heterocycles. The summed E-state index contributed by atoms with van der Waals surface area (Å²) in [5, 5.41) is 13.1. The SMILES string of the molecule is CCNC(=NCC1(c2ccccc2)CC1)N1CC[C@@H](O)C1. The van der Waals surface area contributed by atoms with Crippen LogP contribution in [0.15, 0.2) is 35.3 Å². The normalized spacial score (nSPS) is 24.2. The first kappa shape index (κ1) is 14.4. The molecule has 1 aliphatic carbocycles. The molecule has 0 aromatic heterocycles. The van der Waals surface area contributed by atoms with E-state index in [0.717, 1.165) is 32.0 Å². The second kappa shape index (κ2) is 6.06. The summed E-state index contributed by atoms with van der Waals surface area (Å²) in [5.74, 6) is 0.955. The van der Waals surface area contributed by atoms with Gasteiger partial charge in [0.25, 0.3) is 0 Å². The van der Waals surface area contributed by atoms with Gasteiger partial charge in [0.2, 0.25) is 0 Å². The molecule has 0 spiro atoms. The number of aliphatic imine (C=N–C) groups is 1. The maximum Gasteiger partial charge on any atom is 0.194 e. The number of hydrogen-bond donors (Lipinski definition) is 2. The summed E-state index contributed by atoms with van der Waals surface area (Å²) < 4.78 is 0. The van der Waals surface area contributed by atoms with Gasteiger partial charge in [-0.05, 0) is 31.7 Å². The van der Waals surface area contributed by atoms with Gasteiger partial charge < -0.3 is 15.3 Å². The van der Waals surface area contributed by atoms with E-state index in [2.05, 4.69) is 47.5 Å². The van der Waals surface area contributed by atoms with Crippen molar-refractivity contribution >= 4 is 5.96 Å². The van der Waals surface area contributed by atoms with Crippen LogP contribution in [0, 0.1) is 0 Å². The predicted octanol–water partition coefficient (Wildman–Crippen LogP) is 1.75. The Balaban J connectivity index is 1.70. The van der Waals surface area contributed by atoms with E-state index in [1.165, 1.54) is 18.4 Å². The molecule has 4 heteroatoms. The number of β-amino-alcohol motifs (C(OH)–C–C–N with tert-alkyl or cyclic N) is 1. The third-order valence-corrected chi connectivity index (χ3v) is 4.57. The van der Waals surface area contributed by atoms with Crippen LogP contribution in [-0.2, 0) is 5.41 Å². The number of aliphatic hydroxyl groups excluding tert-OH is 1. The van der Waals surface area contributed by atoms with E-state index in [1.54, 1.807) is 0 Å². The summed E-state index contributed by atoms with van der Waals surface area (Å²) in [6, 6.07) is 10.7. The van der Waals surface area contributed by atoms with E-state index in [1.807, 2.05) is 0 Å². The zero-order chi connectivity index (χ0) is 14.7. The number of nitrogens with one attached hydrogen (secondary N) is 1. The van der Waals surface area contributed by atoms with Crippen molar-refractivity contribution in [3.05, 3.63) is 35.9 Å². The zero-order valence-corrected chi connectivity index (χ0v) is 12.8. The molecule has 0 unspecified atom stereocenters. The van der Waals surface area contributed by atoms with Gasteiger partial charge >= 0.3 is 0 Å². The van der Waals surface area contributed by atoms with Crippen molar-refractivity contribution in [1.29, 1.82) is 0 Å². The Morgan fingerprint density at radius 2 is 2.14 bits per heavy atom. The monoisotopic (exact) mass is 287 g/mol. The Morgan fingerprint density at radius 1 is 1.38 bits per heavy atom. The second-order valence-electron chi connectivity index (χ2n) is 6.21. The molecule has 1 aromatic carbocycles. The average molecular weight is 287 g/mol. The van der Waals surface area contributed by atoms with E-state index in [9.17, 15) is 5.11 Å². The number of aliphatic hydroxyl groups is 1. The third-order valence-electron chi connectivity index (χ3n) is 4.57. The molecule has 0 bridgehead atoms. The fourth-order valence-corrected chi connectivity index (χ4v) is 3.07. The highest BCUT2D eigenvalue weighted by atomic mass is 16.3. The molecule has 1 atom stereocenters. The molecule has 0 amide bonds. The van der Waals surface area contributed by atoms with Crippen LogP contribution in [-0.4, -0.2) is 48.2 Å². The Labute approximate surface area is 126 Å². The Bertz CT molecular complexity index is 496. The summed E-state index contributed by atoms with van der Waals surface area (Å²) >= 11 is 0. The van der Waals surface area contributed by atoms with Gasteiger partial charge in [-0.15, -0.1) is 0 Å². The molecule has 1 aromatic rings. The Hall–Kier alpha value is -1.55. The molecule has 2 N–H and O–H groups in total. The smallest absolute Gasteiger partial charge is 0.194 e. The molecule has 21 heavy (non-hydrogen) atoms. The Kier molecular flexibility index (Phi) is 4.15. The molecule has 114 valence electrons. The van der Waals surface area contributed by atoms with Crippen LogP contribution in [0.2, 0.25) is 0 Å². The minimum Gasteiger partial charge on any atom is -0.391 e. The van der Waals surface area contributed by atoms with E-state index in [-0.39, 0.29) is 11.5 Å². The summed E-state index contributed by atoms with van der Waals surface area (Å²) in [6.07, 6.45) is 3.08. The molecular weight excluding hydrogens is 262 g/mol.